The normalized spacial score (nSPS) is 9.84. The molecule has 0 radical (unpaired) electrons. The van der Waals surface area contributed by atoms with E-state index in [4.69, 9.17) is 10.5 Å². The van der Waals surface area contributed by atoms with Gasteiger partial charge in [0.15, 0.2) is 0 Å². The molecule has 0 atom stereocenters. The average Bonchev–Trinajstić information content (AvgIpc) is 2.80. The monoisotopic (exact) mass is 271 g/mol. The minimum atomic E-state index is 0.382. The summed E-state index contributed by atoms with van der Waals surface area (Å²) in [6.07, 6.45) is 0. The van der Waals surface area contributed by atoms with Crippen molar-refractivity contribution in [3.63, 3.8) is 0 Å². The van der Waals surface area contributed by atoms with E-state index < -0.39 is 0 Å². The zero-order chi connectivity index (χ0) is 13.7. The zero-order valence-corrected chi connectivity index (χ0v) is 12.0. The van der Waals surface area contributed by atoms with Crippen LogP contribution in [0.4, 0.5) is 0 Å². The van der Waals surface area contributed by atoms with Gasteiger partial charge in [-0.05, 0) is 48.6 Å². The summed E-state index contributed by atoms with van der Waals surface area (Å²) < 4.78 is 5.84. The molecule has 0 aliphatic carbocycles. The summed E-state index contributed by atoms with van der Waals surface area (Å²) in [6.45, 7) is 5.08. The number of ether oxygens (including phenoxy) is 1. The number of hydrogen-bond donors (Lipinski definition) is 1. The van der Waals surface area contributed by atoms with Crippen molar-refractivity contribution in [2.75, 3.05) is 6.54 Å². The van der Waals surface area contributed by atoms with Crippen LogP contribution in [0.3, 0.4) is 0 Å². The highest BCUT2D eigenvalue weighted by molar-refractivity contribution is 7.10. The summed E-state index contributed by atoms with van der Waals surface area (Å²) in [5.74, 6) is 6.85. The predicted molar refractivity (Wildman–Crippen MR) is 80.5 cm³/mol. The van der Waals surface area contributed by atoms with Crippen molar-refractivity contribution in [2.24, 2.45) is 5.73 Å². The molecule has 19 heavy (non-hydrogen) atoms. The second-order valence-electron chi connectivity index (χ2n) is 4.38. The Kier molecular flexibility index (Phi) is 4.62. The van der Waals surface area contributed by atoms with Crippen LogP contribution in [0.5, 0.6) is 5.75 Å². The average molecular weight is 271 g/mol. The van der Waals surface area contributed by atoms with E-state index in [0.717, 1.165) is 16.2 Å². The Bertz CT molecular complexity index is 599. The van der Waals surface area contributed by atoms with E-state index in [1.54, 1.807) is 11.3 Å². The molecule has 0 amide bonds. The van der Waals surface area contributed by atoms with Crippen LogP contribution in [-0.4, -0.2) is 6.54 Å². The maximum absolute atomic E-state index is 5.84. The van der Waals surface area contributed by atoms with Crippen molar-refractivity contribution in [1.82, 2.24) is 0 Å². The van der Waals surface area contributed by atoms with Crippen LogP contribution in [0, 0.1) is 25.7 Å². The van der Waals surface area contributed by atoms with Crippen molar-refractivity contribution >= 4 is 11.3 Å². The Balaban J connectivity index is 2.08. The molecule has 2 nitrogen and oxygen atoms in total. The first-order valence-electron chi connectivity index (χ1n) is 6.15. The molecule has 2 rings (SSSR count). The van der Waals surface area contributed by atoms with Crippen LogP contribution in [0.15, 0.2) is 29.6 Å². The van der Waals surface area contributed by atoms with Gasteiger partial charge in [-0.25, -0.2) is 0 Å². The van der Waals surface area contributed by atoms with Crippen LogP contribution in [0.25, 0.3) is 0 Å². The van der Waals surface area contributed by atoms with Gasteiger partial charge in [-0.15, -0.1) is 11.3 Å². The molecule has 0 fully saturated rings. The second-order valence-corrected chi connectivity index (χ2v) is 5.38. The lowest BCUT2D eigenvalue weighted by Gasteiger charge is -2.07. The van der Waals surface area contributed by atoms with E-state index in [-0.39, 0.29) is 0 Å². The minimum Gasteiger partial charge on any atom is -0.488 e. The molecule has 98 valence electrons. The standard InChI is InChI=1S/C16H17NOS/c1-12-8-13(2)10-15(9-12)18-11-16-14(4-3-6-17)5-7-19-16/h5,7-10H,6,11,17H2,1-2H3. The van der Waals surface area contributed by atoms with Gasteiger partial charge >= 0.3 is 0 Å². The van der Waals surface area contributed by atoms with E-state index in [1.807, 2.05) is 23.6 Å². The van der Waals surface area contributed by atoms with E-state index in [0.29, 0.717) is 13.2 Å². The first-order chi connectivity index (χ1) is 9.19. The molecule has 0 saturated heterocycles. The molecule has 1 aromatic heterocycles. The first-order valence-corrected chi connectivity index (χ1v) is 7.03. The zero-order valence-electron chi connectivity index (χ0n) is 11.2. The molecule has 0 aliphatic rings. The smallest absolute Gasteiger partial charge is 0.124 e. The van der Waals surface area contributed by atoms with Crippen molar-refractivity contribution in [1.29, 1.82) is 0 Å². The molecule has 3 heteroatoms. The number of hydrogen-bond acceptors (Lipinski definition) is 3. The van der Waals surface area contributed by atoms with Gasteiger partial charge in [0.25, 0.3) is 0 Å². The fraction of sp³-hybridized carbons (Fsp3) is 0.250. The lowest BCUT2D eigenvalue weighted by molar-refractivity contribution is 0.309. The number of nitrogens with two attached hydrogens (primary N) is 1. The third-order valence-electron chi connectivity index (χ3n) is 2.64. The van der Waals surface area contributed by atoms with Crippen LogP contribution in [0.2, 0.25) is 0 Å². The first kappa shape index (κ1) is 13.7. The van der Waals surface area contributed by atoms with Gasteiger partial charge in [0.1, 0.15) is 12.4 Å². The number of benzene rings is 1. The molecular formula is C16H17NOS. The van der Waals surface area contributed by atoms with Crippen LogP contribution >= 0.6 is 11.3 Å². The Morgan fingerprint density at radius 3 is 2.63 bits per heavy atom. The molecule has 0 saturated carbocycles. The highest BCUT2D eigenvalue weighted by atomic mass is 32.1. The molecule has 1 aromatic carbocycles. The van der Waals surface area contributed by atoms with E-state index in [2.05, 4.69) is 31.8 Å². The SMILES string of the molecule is Cc1cc(C)cc(OCc2sccc2C#CCN)c1. The van der Waals surface area contributed by atoms with Gasteiger partial charge in [0, 0.05) is 5.56 Å². The van der Waals surface area contributed by atoms with Crippen molar-refractivity contribution in [3.8, 4) is 17.6 Å². The van der Waals surface area contributed by atoms with Crippen LogP contribution in [0.1, 0.15) is 21.6 Å². The highest BCUT2D eigenvalue weighted by Crippen LogP contribution is 2.21. The predicted octanol–water partition coefficient (Wildman–Crippen LogP) is 3.25. The van der Waals surface area contributed by atoms with Crippen molar-refractivity contribution < 1.29 is 4.74 Å². The summed E-state index contributed by atoms with van der Waals surface area (Å²) >= 11 is 1.66. The minimum absolute atomic E-state index is 0.382. The Hall–Kier alpha value is -1.76. The summed E-state index contributed by atoms with van der Waals surface area (Å²) in [6, 6.07) is 8.24. The van der Waals surface area contributed by atoms with E-state index in [9.17, 15) is 0 Å². The van der Waals surface area contributed by atoms with Gasteiger partial charge in [-0.3, -0.25) is 0 Å². The molecule has 2 aromatic rings. The Morgan fingerprint density at radius 1 is 1.21 bits per heavy atom. The van der Waals surface area contributed by atoms with Gasteiger partial charge in [-0.1, -0.05) is 17.9 Å². The summed E-state index contributed by atoms with van der Waals surface area (Å²) in [7, 11) is 0. The third-order valence-corrected chi connectivity index (χ3v) is 3.53. The molecule has 0 aliphatic heterocycles. The molecule has 0 unspecified atom stereocenters. The van der Waals surface area contributed by atoms with Gasteiger partial charge < -0.3 is 10.5 Å². The summed E-state index contributed by atoms with van der Waals surface area (Å²) in [5.41, 5.74) is 8.83. The van der Waals surface area contributed by atoms with Gasteiger partial charge in [0.05, 0.1) is 11.4 Å². The Labute approximate surface area is 118 Å². The fourth-order valence-electron chi connectivity index (χ4n) is 1.88. The van der Waals surface area contributed by atoms with E-state index in [1.165, 1.54) is 11.1 Å². The fourth-order valence-corrected chi connectivity index (χ4v) is 2.62. The lowest BCUT2D eigenvalue weighted by Crippen LogP contribution is -1.97. The number of thiophene rings is 1. The quantitative estimate of drug-likeness (QED) is 0.870. The number of rotatable bonds is 3. The Morgan fingerprint density at radius 2 is 1.95 bits per heavy atom. The van der Waals surface area contributed by atoms with E-state index >= 15 is 0 Å². The van der Waals surface area contributed by atoms with Gasteiger partial charge in [0.2, 0.25) is 0 Å². The van der Waals surface area contributed by atoms with Gasteiger partial charge in [-0.2, -0.15) is 0 Å². The number of aryl methyl sites for hydroxylation is 2. The van der Waals surface area contributed by atoms with Crippen molar-refractivity contribution in [2.45, 2.75) is 20.5 Å². The molecule has 1 heterocycles. The van der Waals surface area contributed by atoms with Crippen molar-refractivity contribution in [3.05, 3.63) is 51.2 Å². The second kappa shape index (κ2) is 6.42. The largest absolute Gasteiger partial charge is 0.488 e. The maximum atomic E-state index is 5.84. The van der Waals surface area contributed by atoms with Crippen LogP contribution < -0.4 is 10.5 Å². The molecule has 0 bridgehead atoms. The maximum Gasteiger partial charge on any atom is 0.124 e. The highest BCUT2D eigenvalue weighted by Gasteiger charge is 2.04. The summed E-state index contributed by atoms with van der Waals surface area (Å²) in [4.78, 5) is 1.14. The molecule has 0 spiro atoms. The lowest BCUT2D eigenvalue weighted by atomic mass is 10.1. The molecule has 2 N–H and O–H groups in total. The third kappa shape index (κ3) is 3.85. The summed E-state index contributed by atoms with van der Waals surface area (Å²) in [5, 5.41) is 2.03. The molecular weight excluding hydrogens is 254 g/mol. The van der Waals surface area contributed by atoms with Crippen LogP contribution in [-0.2, 0) is 6.61 Å². The topological polar surface area (TPSA) is 35.2 Å².